The van der Waals surface area contributed by atoms with E-state index < -0.39 is 28.5 Å². The molecule has 0 aliphatic carbocycles. The normalized spacial score (nSPS) is 14.7. The van der Waals surface area contributed by atoms with Crippen LogP contribution < -0.4 is 14.8 Å². The average molecular weight is 477 g/mol. The summed E-state index contributed by atoms with van der Waals surface area (Å²) >= 11 is 0. The number of nitrogens with one attached hydrogen (secondary N) is 1. The van der Waals surface area contributed by atoms with Gasteiger partial charge in [0.2, 0.25) is 10.0 Å². The van der Waals surface area contributed by atoms with Crippen LogP contribution in [-0.2, 0) is 19.6 Å². The zero-order valence-corrected chi connectivity index (χ0v) is 19.5. The van der Waals surface area contributed by atoms with Gasteiger partial charge in [-0.3, -0.25) is 4.79 Å². The number of carbonyl (C=O) groups excluding carboxylic acids is 2. The predicted octanol–water partition coefficient (Wildman–Crippen LogP) is 3.06. The lowest BCUT2D eigenvalue weighted by Gasteiger charge is -2.20. The van der Waals surface area contributed by atoms with E-state index in [-0.39, 0.29) is 10.5 Å². The van der Waals surface area contributed by atoms with Crippen LogP contribution in [0.1, 0.15) is 36.0 Å². The van der Waals surface area contributed by atoms with Crippen LogP contribution in [-0.4, -0.2) is 58.5 Å². The first kappa shape index (κ1) is 24.5. The fourth-order valence-electron chi connectivity index (χ4n) is 3.54. The number of rotatable bonds is 8. The molecular formula is C23H28N2O7S. The molecular weight excluding hydrogens is 448 g/mol. The molecule has 33 heavy (non-hydrogen) atoms. The molecule has 2 aromatic rings. The fourth-order valence-corrected chi connectivity index (χ4v) is 5.10. The molecule has 0 unspecified atom stereocenters. The Morgan fingerprint density at radius 1 is 0.939 bits per heavy atom. The van der Waals surface area contributed by atoms with E-state index in [1.54, 1.807) is 18.2 Å². The average Bonchev–Trinajstić information content (AvgIpc) is 3.12. The van der Waals surface area contributed by atoms with Gasteiger partial charge in [-0.2, -0.15) is 4.31 Å². The van der Waals surface area contributed by atoms with E-state index in [1.165, 1.54) is 42.8 Å². The lowest BCUT2D eigenvalue weighted by molar-refractivity contribution is -0.119. The first-order valence-electron chi connectivity index (χ1n) is 10.6. The predicted molar refractivity (Wildman–Crippen MR) is 122 cm³/mol. The molecule has 1 fully saturated rings. The van der Waals surface area contributed by atoms with E-state index in [2.05, 4.69) is 5.32 Å². The highest BCUT2D eigenvalue weighted by molar-refractivity contribution is 7.89. The van der Waals surface area contributed by atoms with Gasteiger partial charge >= 0.3 is 5.97 Å². The summed E-state index contributed by atoms with van der Waals surface area (Å²) in [4.78, 5) is 24.7. The van der Waals surface area contributed by atoms with E-state index in [0.29, 0.717) is 30.3 Å². The Hall–Kier alpha value is -3.11. The molecule has 1 N–H and O–H groups in total. The summed E-state index contributed by atoms with van der Waals surface area (Å²) in [6.45, 7) is 0.451. The molecule has 1 aliphatic rings. The minimum atomic E-state index is -3.64. The number of ether oxygens (including phenoxy) is 3. The van der Waals surface area contributed by atoms with E-state index >= 15 is 0 Å². The summed E-state index contributed by atoms with van der Waals surface area (Å²) in [5, 5.41) is 2.57. The van der Waals surface area contributed by atoms with Crippen LogP contribution in [0.3, 0.4) is 0 Å². The topological polar surface area (TPSA) is 111 Å². The molecule has 0 atom stereocenters. The third kappa shape index (κ3) is 6.23. The van der Waals surface area contributed by atoms with Gasteiger partial charge in [-0.1, -0.05) is 18.9 Å². The van der Waals surface area contributed by atoms with Gasteiger partial charge in [0.1, 0.15) is 0 Å². The summed E-state index contributed by atoms with van der Waals surface area (Å²) in [5.41, 5.74) is 0.504. The van der Waals surface area contributed by atoms with Gasteiger partial charge in [0.25, 0.3) is 5.91 Å². The molecule has 3 rings (SSSR count). The maximum absolute atomic E-state index is 13.0. The van der Waals surface area contributed by atoms with Gasteiger partial charge in [0.15, 0.2) is 18.1 Å². The van der Waals surface area contributed by atoms with E-state index in [9.17, 15) is 18.0 Å². The van der Waals surface area contributed by atoms with Crippen molar-refractivity contribution in [3.63, 3.8) is 0 Å². The van der Waals surface area contributed by atoms with Crippen molar-refractivity contribution in [2.75, 3.05) is 39.2 Å². The van der Waals surface area contributed by atoms with Crippen molar-refractivity contribution >= 4 is 27.6 Å². The van der Waals surface area contributed by atoms with Crippen molar-refractivity contribution < 1.29 is 32.2 Å². The lowest BCUT2D eigenvalue weighted by Crippen LogP contribution is -2.32. The fraction of sp³-hybridized carbons (Fsp3) is 0.391. The highest BCUT2D eigenvalue weighted by Gasteiger charge is 2.25. The van der Waals surface area contributed by atoms with Crippen molar-refractivity contribution in [1.29, 1.82) is 0 Å². The third-order valence-electron chi connectivity index (χ3n) is 5.27. The van der Waals surface area contributed by atoms with E-state index in [1.807, 2.05) is 0 Å². The molecule has 1 saturated heterocycles. The number of nitrogens with zero attached hydrogens (tertiary/aromatic N) is 1. The Labute approximate surface area is 193 Å². The van der Waals surface area contributed by atoms with Gasteiger partial charge in [0, 0.05) is 18.8 Å². The van der Waals surface area contributed by atoms with Gasteiger partial charge in [-0.05, 0) is 49.2 Å². The maximum atomic E-state index is 13.0. The third-order valence-corrected chi connectivity index (χ3v) is 7.17. The number of hydrogen-bond acceptors (Lipinski definition) is 7. The molecule has 2 aromatic carbocycles. The molecule has 0 aromatic heterocycles. The van der Waals surface area contributed by atoms with E-state index in [4.69, 9.17) is 14.2 Å². The zero-order chi connectivity index (χ0) is 23.8. The molecule has 0 radical (unpaired) electrons. The Balaban J connectivity index is 1.61. The molecule has 1 heterocycles. The molecule has 178 valence electrons. The molecule has 9 nitrogen and oxygen atoms in total. The lowest BCUT2D eigenvalue weighted by atomic mass is 10.2. The monoisotopic (exact) mass is 476 g/mol. The number of anilines is 1. The van der Waals surface area contributed by atoms with Crippen LogP contribution >= 0.6 is 0 Å². The second-order valence-electron chi connectivity index (χ2n) is 7.54. The summed E-state index contributed by atoms with van der Waals surface area (Å²) in [7, 11) is -0.717. The minimum absolute atomic E-state index is 0.115. The zero-order valence-electron chi connectivity index (χ0n) is 18.7. The second kappa shape index (κ2) is 11.2. The largest absolute Gasteiger partial charge is 0.493 e. The number of amides is 1. The molecule has 10 heteroatoms. The van der Waals surface area contributed by atoms with Crippen LogP contribution in [0.25, 0.3) is 0 Å². The molecule has 0 saturated carbocycles. The van der Waals surface area contributed by atoms with Crippen LogP contribution in [0.4, 0.5) is 5.69 Å². The van der Waals surface area contributed by atoms with Crippen molar-refractivity contribution in [3.05, 3.63) is 48.0 Å². The Morgan fingerprint density at radius 2 is 1.64 bits per heavy atom. The van der Waals surface area contributed by atoms with Gasteiger partial charge in [0.05, 0.1) is 24.7 Å². The van der Waals surface area contributed by atoms with Crippen LogP contribution in [0.2, 0.25) is 0 Å². The molecule has 1 amide bonds. The maximum Gasteiger partial charge on any atom is 0.338 e. The first-order chi connectivity index (χ1) is 15.8. The highest BCUT2D eigenvalue weighted by Crippen LogP contribution is 2.28. The summed E-state index contributed by atoms with van der Waals surface area (Å²) in [6, 6.07) is 10.6. The van der Waals surface area contributed by atoms with Crippen LogP contribution in [0.15, 0.2) is 47.4 Å². The second-order valence-corrected chi connectivity index (χ2v) is 9.48. The van der Waals surface area contributed by atoms with Crippen molar-refractivity contribution in [2.45, 2.75) is 30.6 Å². The first-order valence-corrected chi connectivity index (χ1v) is 12.1. The number of methoxy groups -OCH3 is 2. The summed E-state index contributed by atoms with van der Waals surface area (Å²) in [5.74, 6) is -0.475. The van der Waals surface area contributed by atoms with E-state index in [0.717, 1.165) is 25.7 Å². The van der Waals surface area contributed by atoms with Gasteiger partial charge in [-0.15, -0.1) is 0 Å². The van der Waals surface area contributed by atoms with Crippen molar-refractivity contribution in [1.82, 2.24) is 4.31 Å². The summed E-state index contributed by atoms with van der Waals surface area (Å²) < 4.78 is 42.8. The van der Waals surface area contributed by atoms with Crippen molar-refractivity contribution in [3.8, 4) is 11.5 Å². The Morgan fingerprint density at radius 3 is 2.30 bits per heavy atom. The van der Waals surface area contributed by atoms with Gasteiger partial charge < -0.3 is 19.5 Å². The van der Waals surface area contributed by atoms with Crippen LogP contribution in [0.5, 0.6) is 11.5 Å². The standard InChI is InChI=1S/C23H28N2O7S/c1-30-20-11-10-17(14-21(20)31-2)23(27)32-16-22(26)24-18-8-7-9-19(15-18)33(28,29)25-12-5-3-4-6-13-25/h7-11,14-15H,3-6,12-13,16H2,1-2H3,(H,24,26). The summed E-state index contributed by atoms with van der Waals surface area (Å²) in [6.07, 6.45) is 3.70. The number of benzene rings is 2. The Kier molecular flexibility index (Phi) is 8.29. The Bertz CT molecular complexity index is 1090. The number of carbonyl (C=O) groups is 2. The molecule has 1 aliphatic heterocycles. The number of hydrogen-bond donors (Lipinski definition) is 1. The number of esters is 1. The quantitative estimate of drug-likeness (QED) is 0.583. The van der Waals surface area contributed by atoms with Gasteiger partial charge in [-0.25, -0.2) is 13.2 Å². The SMILES string of the molecule is COc1ccc(C(=O)OCC(=O)Nc2cccc(S(=O)(=O)N3CCCCCC3)c2)cc1OC. The van der Waals surface area contributed by atoms with Crippen molar-refractivity contribution in [2.24, 2.45) is 0 Å². The number of sulfonamides is 1. The molecule has 0 bridgehead atoms. The van der Waals surface area contributed by atoms with Crippen LogP contribution in [0, 0.1) is 0 Å². The highest BCUT2D eigenvalue weighted by atomic mass is 32.2. The molecule has 0 spiro atoms. The minimum Gasteiger partial charge on any atom is -0.493 e. The smallest absolute Gasteiger partial charge is 0.338 e.